The van der Waals surface area contributed by atoms with Crippen molar-refractivity contribution in [3.63, 3.8) is 0 Å². The number of benzene rings is 2. The van der Waals surface area contributed by atoms with Crippen LogP contribution in [0.2, 0.25) is 0 Å². The predicted octanol–water partition coefficient (Wildman–Crippen LogP) is 1.53. The Kier molecular flexibility index (Phi) is 6.84. The van der Waals surface area contributed by atoms with Crippen molar-refractivity contribution in [2.24, 2.45) is 0 Å². The van der Waals surface area contributed by atoms with Crippen molar-refractivity contribution in [2.45, 2.75) is 12.1 Å². The Morgan fingerprint density at radius 1 is 0.912 bits per heavy atom. The molecule has 1 fully saturated rings. The summed E-state index contributed by atoms with van der Waals surface area (Å²) >= 11 is 0. The number of aromatic hydroxyl groups is 1. The molecule has 3 aromatic rings. The lowest BCUT2D eigenvalue weighted by atomic mass is 10.00. The molecule has 4 N–H and O–H groups in total. The van der Waals surface area contributed by atoms with Crippen LogP contribution < -0.4 is 20.7 Å². The minimum atomic E-state index is -0.393. The van der Waals surface area contributed by atoms with Crippen molar-refractivity contribution in [3.8, 4) is 11.5 Å². The number of phenolic OH excluding ortho intramolecular Hbond substituents is 1. The zero-order chi connectivity index (χ0) is 24.1. The lowest BCUT2D eigenvalue weighted by molar-refractivity contribution is 0.0895. The summed E-state index contributed by atoms with van der Waals surface area (Å²) in [6.07, 6.45) is 3.09. The number of methoxy groups -OCH3 is 1. The molecule has 1 saturated heterocycles. The van der Waals surface area contributed by atoms with Crippen molar-refractivity contribution in [3.05, 3.63) is 89.2 Å². The third-order valence-electron chi connectivity index (χ3n) is 5.65. The van der Waals surface area contributed by atoms with Crippen LogP contribution in [0.25, 0.3) is 0 Å². The predicted molar refractivity (Wildman–Crippen MR) is 124 cm³/mol. The number of carbonyl (C=O) groups is 3. The molecule has 174 valence electrons. The third kappa shape index (κ3) is 4.89. The first-order valence-corrected chi connectivity index (χ1v) is 10.7. The smallest absolute Gasteiger partial charge is 0.255 e. The van der Waals surface area contributed by atoms with Gasteiger partial charge in [-0.15, -0.1) is 0 Å². The summed E-state index contributed by atoms with van der Waals surface area (Å²) in [6, 6.07) is 13.3. The van der Waals surface area contributed by atoms with Crippen LogP contribution in [0.1, 0.15) is 36.6 Å². The van der Waals surface area contributed by atoms with Crippen molar-refractivity contribution < 1.29 is 24.2 Å². The topological polar surface area (TPSA) is 130 Å². The number of para-hydroxylation sites is 1. The van der Waals surface area contributed by atoms with Crippen LogP contribution in [0.15, 0.2) is 67.0 Å². The highest BCUT2D eigenvalue weighted by Crippen LogP contribution is 2.25. The number of carbonyl (C=O) groups excluding carboxylic acids is 3. The highest BCUT2D eigenvalue weighted by atomic mass is 16.5. The Morgan fingerprint density at radius 2 is 1.59 bits per heavy atom. The number of rotatable bonds is 7. The van der Waals surface area contributed by atoms with Crippen LogP contribution in [-0.4, -0.2) is 60.0 Å². The monoisotopic (exact) mass is 460 g/mol. The van der Waals surface area contributed by atoms with Gasteiger partial charge < -0.3 is 25.8 Å². The van der Waals surface area contributed by atoms with Crippen molar-refractivity contribution in [1.29, 1.82) is 0 Å². The van der Waals surface area contributed by atoms with Gasteiger partial charge in [-0.25, -0.2) is 0 Å². The lowest BCUT2D eigenvalue weighted by Gasteiger charge is -2.22. The number of hydrogen-bond donors (Lipinski definition) is 4. The summed E-state index contributed by atoms with van der Waals surface area (Å²) in [5.41, 5.74) is 1.17. The van der Waals surface area contributed by atoms with E-state index in [4.69, 9.17) is 4.74 Å². The average molecular weight is 460 g/mol. The van der Waals surface area contributed by atoms with Crippen LogP contribution in [0, 0.1) is 0 Å². The molecule has 0 spiro atoms. The van der Waals surface area contributed by atoms with E-state index in [0.29, 0.717) is 18.7 Å². The van der Waals surface area contributed by atoms with Crippen molar-refractivity contribution in [2.75, 3.05) is 20.2 Å². The lowest BCUT2D eigenvalue weighted by Crippen LogP contribution is -2.51. The number of pyridine rings is 1. The summed E-state index contributed by atoms with van der Waals surface area (Å²) in [5, 5.41) is 19.0. The van der Waals surface area contributed by atoms with Crippen molar-refractivity contribution >= 4 is 17.6 Å². The number of ether oxygens (including phenoxy) is 1. The van der Waals surface area contributed by atoms with Gasteiger partial charge in [0.1, 0.15) is 11.5 Å². The number of phenols is 1. The summed E-state index contributed by atoms with van der Waals surface area (Å²) in [4.78, 5) is 42.2. The summed E-state index contributed by atoms with van der Waals surface area (Å²) in [5.74, 6) is -0.929. The molecule has 1 aliphatic heterocycles. The minimum Gasteiger partial charge on any atom is -0.507 e. The largest absolute Gasteiger partial charge is 0.507 e. The van der Waals surface area contributed by atoms with E-state index in [-0.39, 0.29) is 52.0 Å². The molecule has 1 aliphatic rings. The van der Waals surface area contributed by atoms with Gasteiger partial charge in [0.25, 0.3) is 11.8 Å². The van der Waals surface area contributed by atoms with E-state index >= 15 is 0 Å². The second-order valence-electron chi connectivity index (χ2n) is 7.82. The molecule has 0 saturated carbocycles. The first-order valence-electron chi connectivity index (χ1n) is 10.7. The maximum atomic E-state index is 13.0. The fraction of sp³-hybridized carbons (Fsp3) is 0.200. The fourth-order valence-corrected chi connectivity index (χ4v) is 3.82. The molecule has 0 bridgehead atoms. The van der Waals surface area contributed by atoms with E-state index in [0.717, 1.165) is 0 Å². The molecule has 0 aliphatic carbocycles. The highest BCUT2D eigenvalue weighted by molar-refractivity contribution is 6.11. The van der Waals surface area contributed by atoms with Gasteiger partial charge in [-0.05, 0) is 42.5 Å². The number of nitrogens with one attached hydrogen (secondary N) is 3. The van der Waals surface area contributed by atoms with E-state index < -0.39 is 5.91 Å². The molecule has 2 heterocycles. The molecule has 2 amide bonds. The van der Waals surface area contributed by atoms with Gasteiger partial charge in [0.15, 0.2) is 5.78 Å². The number of aromatic nitrogens is 1. The van der Waals surface area contributed by atoms with Gasteiger partial charge in [0.05, 0.1) is 30.3 Å². The zero-order valence-electron chi connectivity index (χ0n) is 18.4. The van der Waals surface area contributed by atoms with Crippen LogP contribution in [0.4, 0.5) is 0 Å². The summed E-state index contributed by atoms with van der Waals surface area (Å²) in [7, 11) is 1.41. The molecular weight excluding hydrogens is 436 g/mol. The van der Waals surface area contributed by atoms with E-state index in [1.54, 1.807) is 36.7 Å². The molecule has 1 unspecified atom stereocenters. The van der Waals surface area contributed by atoms with Gasteiger partial charge in [-0.3, -0.25) is 19.4 Å². The molecule has 1 aromatic heterocycles. The summed E-state index contributed by atoms with van der Waals surface area (Å²) in [6.45, 7) is 0.992. The Balaban J connectivity index is 1.47. The van der Waals surface area contributed by atoms with Gasteiger partial charge in [0.2, 0.25) is 0 Å². The van der Waals surface area contributed by atoms with Gasteiger partial charge in [-0.2, -0.15) is 0 Å². The number of hydrogen-bond acceptors (Lipinski definition) is 7. The quantitative estimate of drug-likeness (QED) is 0.394. The van der Waals surface area contributed by atoms with Crippen LogP contribution in [0.3, 0.4) is 0 Å². The van der Waals surface area contributed by atoms with Crippen molar-refractivity contribution in [1.82, 2.24) is 20.9 Å². The summed E-state index contributed by atoms with van der Waals surface area (Å²) < 4.78 is 5.37. The third-order valence-corrected chi connectivity index (χ3v) is 5.65. The first kappa shape index (κ1) is 22.9. The SMILES string of the molecule is COc1cc(C(=O)c2ccccc2O)ccc1C(=O)NC1CNC[C@H]1NC(=O)c1ccncc1. The van der Waals surface area contributed by atoms with Gasteiger partial charge >= 0.3 is 0 Å². The molecule has 2 aromatic carbocycles. The van der Waals surface area contributed by atoms with Gasteiger partial charge in [0, 0.05) is 36.6 Å². The van der Waals surface area contributed by atoms with E-state index in [2.05, 4.69) is 20.9 Å². The number of amides is 2. The molecule has 0 radical (unpaired) electrons. The maximum Gasteiger partial charge on any atom is 0.255 e. The van der Waals surface area contributed by atoms with E-state index in [1.165, 1.54) is 37.4 Å². The highest BCUT2D eigenvalue weighted by Gasteiger charge is 2.31. The maximum absolute atomic E-state index is 13.0. The molecular formula is C25H24N4O5. The molecule has 34 heavy (non-hydrogen) atoms. The standard InChI is InChI=1S/C25H24N4O5/c1-34-22-12-16(23(31)17-4-2-3-5-21(17)30)6-7-18(22)25(33)29-20-14-27-13-19(20)28-24(32)15-8-10-26-11-9-15/h2-12,19-20,27,30H,13-14H2,1H3,(H,28,32)(H,29,33)/t19-,20?/m1/s1. The fourth-order valence-electron chi connectivity index (χ4n) is 3.82. The van der Waals surface area contributed by atoms with Gasteiger partial charge in [-0.1, -0.05) is 12.1 Å². The van der Waals surface area contributed by atoms with Crippen LogP contribution in [0.5, 0.6) is 11.5 Å². The molecule has 4 rings (SSSR count). The molecule has 9 heteroatoms. The average Bonchev–Trinajstić information content (AvgIpc) is 3.30. The normalized spacial score (nSPS) is 17.1. The second kappa shape index (κ2) is 10.1. The Hall–Kier alpha value is -4.24. The molecule has 2 atom stereocenters. The minimum absolute atomic E-state index is 0.123. The Morgan fingerprint density at radius 3 is 2.26 bits per heavy atom. The van der Waals surface area contributed by atoms with Crippen LogP contribution >= 0.6 is 0 Å². The van der Waals surface area contributed by atoms with Crippen LogP contribution in [-0.2, 0) is 0 Å². The zero-order valence-corrected chi connectivity index (χ0v) is 18.4. The first-order chi connectivity index (χ1) is 16.5. The second-order valence-corrected chi connectivity index (χ2v) is 7.82. The Labute approximate surface area is 196 Å². The van der Waals surface area contributed by atoms with E-state index in [1.807, 2.05) is 0 Å². The molecule has 9 nitrogen and oxygen atoms in total. The number of ketones is 1. The van der Waals surface area contributed by atoms with E-state index in [9.17, 15) is 19.5 Å². The Bertz CT molecular complexity index is 1210. The number of nitrogens with zero attached hydrogens (tertiary/aromatic N) is 1.